The summed E-state index contributed by atoms with van der Waals surface area (Å²) >= 11 is 0. The number of alkyl halides is 3. The van der Waals surface area contributed by atoms with Crippen molar-refractivity contribution in [2.75, 3.05) is 0 Å². The maximum absolute atomic E-state index is 12.6. The molecule has 0 N–H and O–H groups in total. The molecule has 0 bridgehead atoms. The van der Waals surface area contributed by atoms with Gasteiger partial charge in [-0.3, -0.25) is 0 Å². The first-order valence-corrected chi connectivity index (χ1v) is 6.37. The standard InChI is InChI=1S/C16H15F3O/c1-2-12-6-8-13(9-7-12)11-20-15-5-3-4-14(10-15)16(17,18)19/h3-10H,2,11H2,1H3. The van der Waals surface area contributed by atoms with Crippen LogP contribution in [-0.4, -0.2) is 0 Å². The third kappa shape index (κ3) is 3.76. The molecular weight excluding hydrogens is 265 g/mol. The van der Waals surface area contributed by atoms with E-state index in [1.54, 1.807) is 0 Å². The third-order valence-corrected chi connectivity index (χ3v) is 3.00. The Labute approximate surface area is 116 Å². The topological polar surface area (TPSA) is 9.23 Å². The molecule has 2 rings (SSSR count). The number of benzene rings is 2. The largest absolute Gasteiger partial charge is 0.489 e. The summed E-state index contributed by atoms with van der Waals surface area (Å²) < 4.78 is 43.1. The van der Waals surface area contributed by atoms with Crippen molar-refractivity contribution in [1.82, 2.24) is 0 Å². The number of ether oxygens (including phenoxy) is 1. The van der Waals surface area contributed by atoms with E-state index >= 15 is 0 Å². The minimum atomic E-state index is -4.35. The Morgan fingerprint density at radius 2 is 1.60 bits per heavy atom. The van der Waals surface area contributed by atoms with Crippen LogP contribution in [0.15, 0.2) is 48.5 Å². The highest BCUT2D eigenvalue weighted by Gasteiger charge is 2.30. The lowest BCUT2D eigenvalue weighted by molar-refractivity contribution is -0.137. The van der Waals surface area contributed by atoms with E-state index in [1.807, 2.05) is 24.3 Å². The maximum Gasteiger partial charge on any atom is 0.416 e. The molecule has 1 nitrogen and oxygen atoms in total. The van der Waals surface area contributed by atoms with Gasteiger partial charge in [-0.1, -0.05) is 37.3 Å². The van der Waals surface area contributed by atoms with Gasteiger partial charge in [0.1, 0.15) is 12.4 Å². The number of halogens is 3. The van der Waals surface area contributed by atoms with Gasteiger partial charge in [-0.25, -0.2) is 0 Å². The van der Waals surface area contributed by atoms with Crippen LogP contribution in [0, 0.1) is 0 Å². The molecule has 106 valence electrons. The minimum Gasteiger partial charge on any atom is -0.489 e. The van der Waals surface area contributed by atoms with Crippen LogP contribution in [0.3, 0.4) is 0 Å². The molecule has 0 fully saturated rings. The molecule has 0 atom stereocenters. The summed E-state index contributed by atoms with van der Waals surface area (Å²) in [5.74, 6) is 0.222. The fraction of sp³-hybridized carbons (Fsp3) is 0.250. The summed E-state index contributed by atoms with van der Waals surface area (Å²) in [6, 6.07) is 12.7. The first-order valence-electron chi connectivity index (χ1n) is 6.37. The molecule has 0 aromatic heterocycles. The van der Waals surface area contributed by atoms with E-state index in [9.17, 15) is 13.2 Å². The van der Waals surface area contributed by atoms with Gasteiger partial charge in [-0.15, -0.1) is 0 Å². The zero-order valence-electron chi connectivity index (χ0n) is 11.1. The Hall–Kier alpha value is -1.97. The first kappa shape index (κ1) is 14.4. The summed E-state index contributed by atoms with van der Waals surface area (Å²) in [7, 11) is 0. The van der Waals surface area contributed by atoms with E-state index in [0.717, 1.165) is 24.1 Å². The maximum atomic E-state index is 12.6. The van der Waals surface area contributed by atoms with Gasteiger partial charge >= 0.3 is 6.18 Å². The Morgan fingerprint density at radius 1 is 0.950 bits per heavy atom. The Kier molecular flexibility index (Phi) is 4.32. The van der Waals surface area contributed by atoms with E-state index in [2.05, 4.69) is 6.92 Å². The van der Waals surface area contributed by atoms with Gasteiger partial charge < -0.3 is 4.74 Å². The molecule has 20 heavy (non-hydrogen) atoms. The molecule has 0 spiro atoms. The van der Waals surface area contributed by atoms with Crippen LogP contribution in [0.25, 0.3) is 0 Å². The fourth-order valence-electron chi connectivity index (χ4n) is 1.80. The lowest BCUT2D eigenvalue weighted by atomic mass is 10.1. The second kappa shape index (κ2) is 5.99. The van der Waals surface area contributed by atoms with Gasteiger partial charge in [-0.2, -0.15) is 13.2 Å². The lowest BCUT2D eigenvalue weighted by Crippen LogP contribution is -2.05. The first-order chi connectivity index (χ1) is 9.49. The Balaban J connectivity index is 2.03. The molecule has 4 heteroatoms. The predicted octanol–water partition coefficient (Wildman–Crippen LogP) is 4.85. The normalized spacial score (nSPS) is 11.4. The van der Waals surface area contributed by atoms with Crippen molar-refractivity contribution in [3.05, 3.63) is 65.2 Å². The zero-order chi connectivity index (χ0) is 14.6. The molecule has 0 saturated heterocycles. The van der Waals surface area contributed by atoms with Gasteiger partial charge in [0.2, 0.25) is 0 Å². The Morgan fingerprint density at radius 3 is 2.20 bits per heavy atom. The van der Waals surface area contributed by atoms with Crippen molar-refractivity contribution >= 4 is 0 Å². The quantitative estimate of drug-likeness (QED) is 0.778. The van der Waals surface area contributed by atoms with Gasteiger partial charge in [0.25, 0.3) is 0 Å². The zero-order valence-corrected chi connectivity index (χ0v) is 11.1. The molecule has 0 aliphatic carbocycles. The minimum absolute atomic E-state index is 0.222. The molecule has 0 amide bonds. The number of hydrogen-bond donors (Lipinski definition) is 0. The van der Waals surface area contributed by atoms with Gasteiger partial charge in [0.15, 0.2) is 0 Å². The predicted molar refractivity (Wildman–Crippen MR) is 71.6 cm³/mol. The Bertz CT molecular complexity index is 559. The van der Waals surface area contributed by atoms with Gasteiger partial charge in [0, 0.05) is 0 Å². The number of rotatable bonds is 4. The molecule has 0 radical (unpaired) electrons. The van der Waals surface area contributed by atoms with Crippen molar-refractivity contribution in [3.63, 3.8) is 0 Å². The highest BCUT2D eigenvalue weighted by Crippen LogP contribution is 2.31. The third-order valence-electron chi connectivity index (χ3n) is 3.00. The summed E-state index contributed by atoms with van der Waals surface area (Å²) in [5.41, 5.74) is 1.45. The highest BCUT2D eigenvalue weighted by atomic mass is 19.4. The number of aryl methyl sites for hydroxylation is 1. The van der Waals surface area contributed by atoms with Crippen LogP contribution in [-0.2, 0) is 19.2 Å². The monoisotopic (exact) mass is 280 g/mol. The second-order valence-corrected chi connectivity index (χ2v) is 4.48. The molecule has 2 aromatic carbocycles. The summed E-state index contributed by atoms with van der Waals surface area (Å²) in [5, 5.41) is 0. The van der Waals surface area contributed by atoms with Crippen molar-refractivity contribution in [1.29, 1.82) is 0 Å². The summed E-state index contributed by atoms with van der Waals surface area (Å²) in [6.07, 6.45) is -3.39. The summed E-state index contributed by atoms with van der Waals surface area (Å²) in [6.45, 7) is 2.32. The molecular formula is C16H15F3O. The second-order valence-electron chi connectivity index (χ2n) is 4.48. The lowest BCUT2D eigenvalue weighted by Gasteiger charge is -2.10. The van der Waals surface area contributed by atoms with Crippen LogP contribution < -0.4 is 4.74 Å². The fourth-order valence-corrected chi connectivity index (χ4v) is 1.80. The van der Waals surface area contributed by atoms with Gasteiger partial charge in [-0.05, 0) is 35.7 Å². The van der Waals surface area contributed by atoms with Crippen molar-refractivity contribution in [2.45, 2.75) is 26.1 Å². The van der Waals surface area contributed by atoms with Crippen LogP contribution in [0.1, 0.15) is 23.6 Å². The van der Waals surface area contributed by atoms with E-state index in [4.69, 9.17) is 4.74 Å². The molecule has 0 heterocycles. The molecule has 2 aromatic rings. The van der Waals surface area contributed by atoms with Gasteiger partial charge in [0.05, 0.1) is 5.56 Å². The molecule has 0 aliphatic rings. The van der Waals surface area contributed by atoms with E-state index in [0.29, 0.717) is 0 Å². The molecule has 0 aliphatic heterocycles. The van der Waals surface area contributed by atoms with Crippen molar-refractivity contribution < 1.29 is 17.9 Å². The smallest absolute Gasteiger partial charge is 0.416 e. The SMILES string of the molecule is CCc1ccc(COc2cccc(C(F)(F)F)c2)cc1. The van der Waals surface area contributed by atoms with Crippen molar-refractivity contribution in [2.24, 2.45) is 0 Å². The average Bonchev–Trinajstić information content (AvgIpc) is 2.45. The van der Waals surface area contributed by atoms with E-state index in [1.165, 1.54) is 17.7 Å². The van der Waals surface area contributed by atoms with Crippen LogP contribution in [0.5, 0.6) is 5.75 Å². The average molecular weight is 280 g/mol. The molecule has 0 unspecified atom stereocenters. The highest BCUT2D eigenvalue weighted by molar-refractivity contribution is 5.31. The summed E-state index contributed by atoms with van der Waals surface area (Å²) in [4.78, 5) is 0. The van der Waals surface area contributed by atoms with E-state index in [-0.39, 0.29) is 12.4 Å². The van der Waals surface area contributed by atoms with Crippen molar-refractivity contribution in [3.8, 4) is 5.75 Å². The van der Waals surface area contributed by atoms with Crippen LogP contribution >= 0.6 is 0 Å². The molecule has 0 saturated carbocycles. The number of hydrogen-bond acceptors (Lipinski definition) is 1. The van der Waals surface area contributed by atoms with Crippen LogP contribution in [0.2, 0.25) is 0 Å². The van der Waals surface area contributed by atoms with Crippen LogP contribution in [0.4, 0.5) is 13.2 Å². The van der Waals surface area contributed by atoms with E-state index < -0.39 is 11.7 Å².